The lowest BCUT2D eigenvalue weighted by atomic mass is 10.3. The van der Waals surface area contributed by atoms with E-state index in [1.807, 2.05) is 0 Å². The van der Waals surface area contributed by atoms with Gasteiger partial charge in [0, 0.05) is 6.04 Å². The van der Waals surface area contributed by atoms with E-state index in [2.05, 4.69) is 5.32 Å². The van der Waals surface area contributed by atoms with E-state index in [1.165, 1.54) is 6.07 Å². The number of carbonyl (C=O) groups excluding carboxylic acids is 1. The molecule has 110 valence electrons. The third-order valence-electron chi connectivity index (χ3n) is 2.74. The Morgan fingerprint density at radius 3 is 2.75 bits per heavy atom. The van der Waals surface area contributed by atoms with Crippen molar-refractivity contribution in [3.8, 4) is 5.75 Å². The molecule has 0 radical (unpaired) electrons. The maximum absolute atomic E-state index is 13.0. The zero-order chi connectivity index (χ0) is 14.8. The highest BCUT2D eigenvalue weighted by Gasteiger charge is 2.23. The van der Waals surface area contributed by atoms with Crippen LogP contribution in [-0.4, -0.2) is 27.0 Å². The Bertz CT molecular complexity index is 614. The second kappa shape index (κ2) is 5.76. The molecule has 0 spiro atoms. The van der Waals surface area contributed by atoms with Gasteiger partial charge in [-0.25, -0.2) is 17.9 Å². The Labute approximate surface area is 116 Å². The van der Waals surface area contributed by atoms with Crippen LogP contribution in [0.4, 0.5) is 4.39 Å². The molecule has 2 rings (SSSR count). The Hall–Kier alpha value is -1.67. The van der Waals surface area contributed by atoms with Crippen molar-refractivity contribution < 1.29 is 22.3 Å². The molecule has 0 saturated heterocycles. The Morgan fingerprint density at radius 1 is 1.45 bits per heavy atom. The van der Waals surface area contributed by atoms with Gasteiger partial charge in [-0.1, -0.05) is 0 Å². The normalized spacial score (nSPS) is 14.9. The van der Waals surface area contributed by atoms with Crippen molar-refractivity contribution in [2.75, 3.05) is 6.61 Å². The zero-order valence-corrected chi connectivity index (χ0v) is 11.5. The minimum absolute atomic E-state index is 0.00724. The van der Waals surface area contributed by atoms with Crippen LogP contribution >= 0.6 is 0 Å². The summed E-state index contributed by atoms with van der Waals surface area (Å²) < 4.78 is 40.9. The molecule has 1 amide bonds. The molecule has 20 heavy (non-hydrogen) atoms. The van der Waals surface area contributed by atoms with Gasteiger partial charge in [0.05, 0.1) is 13.0 Å². The number of benzene rings is 1. The number of ether oxygens (including phenoxy) is 1. The molecule has 1 aliphatic carbocycles. The largest absolute Gasteiger partial charge is 0.492 e. The zero-order valence-electron chi connectivity index (χ0n) is 10.6. The van der Waals surface area contributed by atoms with Crippen LogP contribution < -0.4 is 15.2 Å². The molecule has 1 aliphatic rings. The third-order valence-corrected chi connectivity index (χ3v) is 3.67. The van der Waals surface area contributed by atoms with E-state index >= 15 is 0 Å². The van der Waals surface area contributed by atoms with Crippen molar-refractivity contribution in [3.05, 3.63) is 24.0 Å². The number of primary sulfonamides is 1. The van der Waals surface area contributed by atoms with Gasteiger partial charge in [-0.15, -0.1) is 0 Å². The summed E-state index contributed by atoms with van der Waals surface area (Å²) in [6.07, 6.45) is 2.07. The average Bonchev–Trinajstić information content (AvgIpc) is 3.13. The van der Waals surface area contributed by atoms with Crippen LogP contribution in [0.25, 0.3) is 0 Å². The highest BCUT2D eigenvalue weighted by atomic mass is 32.2. The first-order valence-electron chi connectivity index (χ1n) is 6.11. The molecule has 8 heteroatoms. The highest BCUT2D eigenvalue weighted by Crippen LogP contribution is 2.24. The van der Waals surface area contributed by atoms with Crippen LogP contribution in [-0.2, 0) is 14.8 Å². The van der Waals surface area contributed by atoms with Crippen molar-refractivity contribution in [2.45, 2.75) is 30.2 Å². The number of halogens is 1. The van der Waals surface area contributed by atoms with Crippen molar-refractivity contribution in [2.24, 2.45) is 5.14 Å². The quantitative estimate of drug-likeness (QED) is 0.800. The molecule has 3 N–H and O–H groups in total. The summed E-state index contributed by atoms with van der Waals surface area (Å²) in [7, 11) is -4.08. The number of sulfonamides is 1. The van der Waals surface area contributed by atoms with E-state index in [-0.39, 0.29) is 30.7 Å². The first-order chi connectivity index (χ1) is 9.36. The topological polar surface area (TPSA) is 98.5 Å². The first-order valence-corrected chi connectivity index (χ1v) is 7.65. The number of nitrogens with two attached hydrogens (primary N) is 1. The van der Waals surface area contributed by atoms with E-state index < -0.39 is 20.7 Å². The number of hydrogen-bond donors (Lipinski definition) is 2. The molecule has 6 nitrogen and oxygen atoms in total. The molecule has 0 heterocycles. The predicted octanol–water partition coefficient (Wildman–Crippen LogP) is 0.521. The molecule has 0 atom stereocenters. The number of hydrogen-bond acceptors (Lipinski definition) is 4. The monoisotopic (exact) mass is 302 g/mol. The SMILES string of the molecule is NS(=O)(=O)c1cc(F)ccc1OCCC(=O)NC1CC1. The highest BCUT2D eigenvalue weighted by molar-refractivity contribution is 7.89. The van der Waals surface area contributed by atoms with Gasteiger partial charge in [-0.2, -0.15) is 0 Å². The summed E-state index contributed by atoms with van der Waals surface area (Å²) in [5.41, 5.74) is 0. The van der Waals surface area contributed by atoms with Gasteiger partial charge >= 0.3 is 0 Å². The van der Waals surface area contributed by atoms with E-state index in [0.717, 1.165) is 25.0 Å². The van der Waals surface area contributed by atoms with Crippen LogP contribution in [0.1, 0.15) is 19.3 Å². The summed E-state index contributed by atoms with van der Waals surface area (Å²) in [4.78, 5) is 11.0. The van der Waals surface area contributed by atoms with Gasteiger partial charge in [0.2, 0.25) is 15.9 Å². The van der Waals surface area contributed by atoms with E-state index in [0.29, 0.717) is 0 Å². The molecule has 0 bridgehead atoms. The minimum Gasteiger partial charge on any atom is -0.492 e. The van der Waals surface area contributed by atoms with Crippen LogP contribution in [0.5, 0.6) is 5.75 Å². The lowest BCUT2D eigenvalue weighted by Crippen LogP contribution is -2.26. The maximum Gasteiger partial charge on any atom is 0.241 e. The fourth-order valence-electron chi connectivity index (χ4n) is 1.60. The molecule has 0 unspecified atom stereocenters. The van der Waals surface area contributed by atoms with Crippen LogP contribution in [0, 0.1) is 5.82 Å². The number of carbonyl (C=O) groups is 1. The van der Waals surface area contributed by atoms with Crippen molar-refractivity contribution in [3.63, 3.8) is 0 Å². The van der Waals surface area contributed by atoms with Gasteiger partial charge in [0.15, 0.2) is 0 Å². The molecule has 0 aromatic heterocycles. The Morgan fingerprint density at radius 2 is 2.15 bits per heavy atom. The van der Waals surface area contributed by atoms with Gasteiger partial charge in [0.25, 0.3) is 0 Å². The summed E-state index contributed by atoms with van der Waals surface area (Å²) in [6, 6.07) is 3.28. The molecule has 1 fully saturated rings. The van der Waals surface area contributed by atoms with Crippen molar-refractivity contribution >= 4 is 15.9 Å². The van der Waals surface area contributed by atoms with Crippen LogP contribution in [0.15, 0.2) is 23.1 Å². The number of rotatable bonds is 6. The summed E-state index contributed by atoms with van der Waals surface area (Å²) in [5.74, 6) is -0.951. The predicted molar refractivity (Wildman–Crippen MR) is 69.0 cm³/mol. The van der Waals surface area contributed by atoms with Crippen molar-refractivity contribution in [1.82, 2.24) is 5.32 Å². The lowest BCUT2D eigenvalue weighted by molar-refractivity contribution is -0.121. The van der Waals surface area contributed by atoms with E-state index in [4.69, 9.17) is 9.88 Å². The van der Waals surface area contributed by atoms with E-state index in [1.54, 1.807) is 0 Å². The standard InChI is InChI=1S/C12H15FN2O4S/c13-8-1-4-10(11(7-8)20(14,17)18)19-6-5-12(16)15-9-2-3-9/h1,4,7,9H,2-3,5-6H2,(H,15,16)(H2,14,17,18). The average molecular weight is 302 g/mol. The van der Waals surface area contributed by atoms with Gasteiger partial charge in [-0.3, -0.25) is 4.79 Å². The molecule has 0 aliphatic heterocycles. The first kappa shape index (κ1) is 14.7. The maximum atomic E-state index is 13.0. The Kier molecular flexibility index (Phi) is 4.24. The number of nitrogens with one attached hydrogen (secondary N) is 1. The summed E-state index contributed by atoms with van der Waals surface area (Å²) in [6.45, 7) is -0.00724. The minimum atomic E-state index is -4.08. The fourth-order valence-corrected chi connectivity index (χ4v) is 2.29. The Balaban J connectivity index is 1.96. The second-order valence-corrected chi connectivity index (χ2v) is 6.11. The second-order valence-electron chi connectivity index (χ2n) is 4.58. The number of amides is 1. The molecular weight excluding hydrogens is 287 g/mol. The third kappa shape index (κ3) is 4.17. The molecule has 1 aromatic carbocycles. The summed E-state index contributed by atoms with van der Waals surface area (Å²) >= 11 is 0. The van der Waals surface area contributed by atoms with Gasteiger partial charge in [0.1, 0.15) is 16.5 Å². The fraction of sp³-hybridized carbons (Fsp3) is 0.417. The smallest absolute Gasteiger partial charge is 0.241 e. The molecule has 1 aromatic rings. The van der Waals surface area contributed by atoms with Crippen LogP contribution in [0.3, 0.4) is 0 Å². The molecule has 1 saturated carbocycles. The van der Waals surface area contributed by atoms with Gasteiger partial charge < -0.3 is 10.1 Å². The van der Waals surface area contributed by atoms with Crippen LogP contribution in [0.2, 0.25) is 0 Å². The lowest BCUT2D eigenvalue weighted by Gasteiger charge is -2.10. The van der Waals surface area contributed by atoms with Crippen molar-refractivity contribution in [1.29, 1.82) is 0 Å². The molecular formula is C12H15FN2O4S. The summed E-state index contributed by atoms with van der Waals surface area (Å²) in [5, 5.41) is 7.75. The van der Waals surface area contributed by atoms with Gasteiger partial charge in [-0.05, 0) is 31.0 Å². The van der Waals surface area contributed by atoms with E-state index in [9.17, 15) is 17.6 Å².